The first-order valence-electron chi connectivity index (χ1n) is 11.0. The molecule has 0 bridgehead atoms. The zero-order valence-electron chi connectivity index (χ0n) is 19.4. The first-order chi connectivity index (χ1) is 16.5. The van der Waals surface area contributed by atoms with Gasteiger partial charge in [0.1, 0.15) is 5.25 Å². The van der Waals surface area contributed by atoms with E-state index >= 15 is 0 Å². The molecule has 0 saturated carbocycles. The Balaban J connectivity index is 1.68. The predicted molar refractivity (Wildman–Crippen MR) is 135 cm³/mol. The fraction of sp³-hybridized carbons (Fsp3) is 0.231. The lowest BCUT2D eigenvalue weighted by atomic mass is 10.1. The summed E-state index contributed by atoms with van der Waals surface area (Å²) in [6, 6.07) is 19.5. The van der Waals surface area contributed by atoms with E-state index in [0.29, 0.717) is 24.1 Å². The zero-order chi connectivity index (χ0) is 23.9. The van der Waals surface area contributed by atoms with Gasteiger partial charge in [0.2, 0.25) is 5.91 Å². The molecule has 2 aromatic carbocycles. The highest BCUT2D eigenvalue weighted by atomic mass is 32.2. The molecule has 0 radical (unpaired) electrons. The summed E-state index contributed by atoms with van der Waals surface area (Å²) in [5, 5.41) is 12.1. The van der Waals surface area contributed by atoms with Crippen LogP contribution in [-0.4, -0.2) is 39.4 Å². The van der Waals surface area contributed by atoms with E-state index in [-0.39, 0.29) is 5.91 Å². The minimum absolute atomic E-state index is 0.118. The van der Waals surface area contributed by atoms with Gasteiger partial charge >= 0.3 is 0 Å². The maximum Gasteiger partial charge on any atom is 0.242 e. The van der Waals surface area contributed by atoms with Crippen molar-refractivity contribution in [1.82, 2.24) is 19.7 Å². The van der Waals surface area contributed by atoms with Gasteiger partial charge in [0.25, 0.3) is 0 Å². The second kappa shape index (κ2) is 11.1. The van der Waals surface area contributed by atoms with Crippen LogP contribution >= 0.6 is 11.8 Å². The highest BCUT2D eigenvalue weighted by Crippen LogP contribution is 2.37. The predicted octanol–water partition coefficient (Wildman–Crippen LogP) is 5.08. The molecular formula is C26H27N5O2S. The smallest absolute Gasteiger partial charge is 0.242 e. The van der Waals surface area contributed by atoms with Gasteiger partial charge in [-0.25, -0.2) is 0 Å². The van der Waals surface area contributed by atoms with E-state index in [0.717, 1.165) is 27.9 Å². The quantitative estimate of drug-likeness (QED) is 0.342. The van der Waals surface area contributed by atoms with Crippen LogP contribution in [0.4, 0.5) is 5.69 Å². The van der Waals surface area contributed by atoms with E-state index in [2.05, 4.69) is 26.6 Å². The second-order valence-electron chi connectivity index (χ2n) is 7.96. The van der Waals surface area contributed by atoms with Gasteiger partial charge in [0.15, 0.2) is 11.0 Å². The summed E-state index contributed by atoms with van der Waals surface area (Å²) in [5.74, 6) is 0.594. The van der Waals surface area contributed by atoms with E-state index in [1.54, 1.807) is 19.5 Å². The number of pyridine rings is 1. The standard InChI is InChI=1S/C26H27N5O2S/c1-18-15-19(2)17-22(16-18)28-25(32)23(20-7-5-4-6-8-20)34-26-30-29-24(31(26)13-14-33-3)21-9-11-27-12-10-21/h4-12,15-17,23H,13-14H2,1-3H3,(H,28,32). The molecule has 0 fully saturated rings. The van der Waals surface area contributed by atoms with E-state index in [1.165, 1.54) is 11.8 Å². The number of rotatable bonds is 9. The van der Waals surface area contributed by atoms with Crippen molar-refractivity contribution in [3.8, 4) is 11.4 Å². The minimum Gasteiger partial charge on any atom is -0.383 e. The number of anilines is 1. The molecule has 0 aliphatic carbocycles. The van der Waals surface area contributed by atoms with Crippen LogP contribution in [0.1, 0.15) is 21.9 Å². The van der Waals surface area contributed by atoms with Crippen molar-refractivity contribution in [3.05, 3.63) is 89.7 Å². The van der Waals surface area contributed by atoms with Gasteiger partial charge in [0, 0.05) is 30.8 Å². The average molecular weight is 474 g/mol. The van der Waals surface area contributed by atoms with Gasteiger partial charge in [-0.2, -0.15) is 0 Å². The lowest BCUT2D eigenvalue weighted by Gasteiger charge is -2.18. The Labute approximate surface area is 203 Å². The number of methoxy groups -OCH3 is 1. The first kappa shape index (κ1) is 23.7. The SMILES string of the molecule is COCCn1c(SC(C(=O)Nc2cc(C)cc(C)c2)c2ccccc2)nnc1-c1ccncc1. The average Bonchev–Trinajstić information content (AvgIpc) is 3.24. The van der Waals surface area contributed by atoms with E-state index < -0.39 is 5.25 Å². The molecule has 1 N–H and O–H groups in total. The molecule has 0 aliphatic heterocycles. The Morgan fingerprint density at radius 1 is 1.03 bits per heavy atom. The molecule has 0 saturated heterocycles. The molecular weight excluding hydrogens is 446 g/mol. The molecule has 1 atom stereocenters. The number of ether oxygens (including phenoxy) is 1. The van der Waals surface area contributed by atoms with Gasteiger partial charge in [-0.3, -0.25) is 14.3 Å². The molecule has 34 heavy (non-hydrogen) atoms. The maximum atomic E-state index is 13.5. The number of nitrogens with one attached hydrogen (secondary N) is 1. The fourth-order valence-corrected chi connectivity index (χ4v) is 4.80. The Morgan fingerprint density at radius 3 is 2.41 bits per heavy atom. The highest BCUT2D eigenvalue weighted by Gasteiger charge is 2.26. The number of aryl methyl sites for hydroxylation is 2. The second-order valence-corrected chi connectivity index (χ2v) is 9.03. The van der Waals surface area contributed by atoms with Crippen molar-refractivity contribution in [2.24, 2.45) is 0 Å². The molecule has 4 aromatic rings. The summed E-state index contributed by atoms with van der Waals surface area (Å²) in [6.45, 7) is 5.09. The number of carbonyl (C=O) groups excluding carboxylic acids is 1. The van der Waals surface area contributed by atoms with Crippen LogP contribution in [0.15, 0.2) is 78.2 Å². The minimum atomic E-state index is -0.516. The van der Waals surface area contributed by atoms with Crippen molar-refractivity contribution in [2.75, 3.05) is 19.0 Å². The highest BCUT2D eigenvalue weighted by molar-refractivity contribution is 8.00. The van der Waals surface area contributed by atoms with Crippen molar-refractivity contribution in [3.63, 3.8) is 0 Å². The first-order valence-corrected chi connectivity index (χ1v) is 11.9. The number of amides is 1. The molecule has 7 nitrogen and oxygen atoms in total. The van der Waals surface area contributed by atoms with E-state index in [1.807, 2.05) is 73.0 Å². The Morgan fingerprint density at radius 2 is 1.74 bits per heavy atom. The van der Waals surface area contributed by atoms with Crippen LogP contribution in [0.25, 0.3) is 11.4 Å². The van der Waals surface area contributed by atoms with Gasteiger partial charge in [-0.05, 0) is 54.8 Å². The third-order valence-corrected chi connectivity index (χ3v) is 6.46. The molecule has 174 valence electrons. The Kier molecular flexibility index (Phi) is 7.72. The van der Waals surface area contributed by atoms with Crippen LogP contribution < -0.4 is 5.32 Å². The number of nitrogens with zero attached hydrogens (tertiary/aromatic N) is 4. The normalized spacial score (nSPS) is 11.9. The third-order valence-electron chi connectivity index (χ3n) is 5.23. The summed E-state index contributed by atoms with van der Waals surface area (Å²) < 4.78 is 7.31. The van der Waals surface area contributed by atoms with Crippen molar-refractivity contribution < 1.29 is 9.53 Å². The topological polar surface area (TPSA) is 81.9 Å². The number of thioether (sulfide) groups is 1. The summed E-state index contributed by atoms with van der Waals surface area (Å²) in [5.41, 5.74) is 4.77. The molecule has 4 rings (SSSR count). The third kappa shape index (κ3) is 5.70. The van der Waals surface area contributed by atoms with E-state index in [4.69, 9.17) is 4.74 Å². The summed E-state index contributed by atoms with van der Waals surface area (Å²) in [7, 11) is 1.66. The Hall–Kier alpha value is -3.49. The number of aromatic nitrogens is 4. The maximum absolute atomic E-state index is 13.5. The summed E-state index contributed by atoms with van der Waals surface area (Å²) in [4.78, 5) is 17.6. The molecule has 2 heterocycles. The molecule has 2 aromatic heterocycles. The van der Waals surface area contributed by atoms with Crippen LogP contribution in [0.3, 0.4) is 0 Å². The number of hydrogen-bond acceptors (Lipinski definition) is 6. The van der Waals surface area contributed by atoms with Crippen molar-refractivity contribution in [1.29, 1.82) is 0 Å². The van der Waals surface area contributed by atoms with Gasteiger partial charge in [-0.1, -0.05) is 48.2 Å². The number of benzene rings is 2. The van der Waals surface area contributed by atoms with Crippen LogP contribution in [-0.2, 0) is 16.1 Å². The molecule has 1 amide bonds. The lowest BCUT2D eigenvalue weighted by Crippen LogP contribution is -2.20. The Bertz CT molecular complexity index is 1220. The largest absolute Gasteiger partial charge is 0.383 e. The molecule has 1 unspecified atom stereocenters. The summed E-state index contributed by atoms with van der Waals surface area (Å²) in [6.07, 6.45) is 3.45. The lowest BCUT2D eigenvalue weighted by molar-refractivity contribution is -0.115. The molecule has 0 aliphatic rings. The van der Waals surface area contributed by atoms with Crippen molar-refractivity contribution >= 4 is 23.4 Å². The molecule has 8 heteroatoms. The van der Waals surface area contributed by atoms with Gasteiger partial charge < -0.3 is 10.1 Å². The van der Waals surface area contributed by atoms with Gasteiger partial charge in [-0.15, -0.1) is 10.2 Å². The number of hydrogen-bond donors (Lipinski definition) is 1. The van der Waals surface area contributed by atoms with E-state index in [9.17, 15) is 4.79 Å². The summed E-state index contributed by atoms with van der Waals surface area (Å²) >= 11 is 1.38. The number of carbonyl (C=O) groups is 1. The zero-order valence-corrected chi connectivity index (χ0v) is 20.2. The van der Waals surface area contributed by atoms with Crippen LogP contribution in [0, 0.1) is 13.8 Å². The monoisotopic (exact) mass is 473 g/mol. The van der Waals surface area contributed by atoms with Crippen molar-refractivity contribution in [2.45, 2.75) is 30.8 Å². The van der Waals surface area contributed by atoms with Gasteiger partial charge in [0.05, 0.1) is 13.2 Å². The molecule has 0 spiro atoms. The fourth-order valence-electron chi connectivity index (χ4n) is 3.74. The van der Waals surface area contributed by atoms with Crippen LogP contribution in [0.2, 0.25) is 0 Å². The van der Waals surface area contributed by atoms with Crippen LogP contribution in [0.5, 0.6) is 0 Å².